The zero-order valence-corrected chi connectivity index (χ0v) is 16.6. The van der Waals surface area contributed by atoms with Crippen LogP contribution in [0.4, 0.5) is 10.5 Å². The number of likely N-dealkylation sites (tertiary alicyclic amines) is 1. The molecule has 1 heterocycles. The van der Waals surface area contributed by atoms with Gasteiger partial charge in [-0.3, -0.25) is 10.0 Å². The Morgan fingerprint density at radius 2 is 1.87 bits per heavy atom. The summed E-state index contributed by atoms with van der Waals surface area (Å²) in [6, 6.07) is 15.1. The van der Waals surface area contributed by atoms with E-state index in [4.69, 9.17) is 0 Å². The van der Waals surface area contributed by atoms with Gasteiger partial charge >= 0.3 is 12.1 Å². The van der Waals surface area contributed by atoms with E-state index in [0.717, 1.165) is 5.56 Å². The normalized spacial score (nSPS) is 18.5. The summed E-state index contributed by atoms with van der Waals surface area (Å²) in [6.07, 6.45) is 0.0754. The van der Waals surface area contributed by atoms with E-state index in [2.05, 4.69) is 4.74 Å². The van der Waals surface area contributed by atoms with E-state index in [0.29, 0.717) is 24.3 Å². The molecule has 2 unspecified atom stereocenters. The van der Waals surface area contributed by atoms with Gasteiger partial charge in [0.15, 0.2) is 0 Å². The number of piperidine rings is 1. The highest BCUT2D eigenvalue weighted by molar-refractivity contribution is 5.95. The predicted octanol–water partition coefficient (Wildman–Crippen LogP) is 3.20. The maximum atomic E-state index is 12.9. The molecule has 2 atom stereocenters. The van der Waals surface area contributed by atoms with Crippen LogP contribution in [-0.2, 0) is 16.0 Å². The summed E-state index contributed by atoms with van der Waals surface area (Å²) in [4.78, 5) is 37.6. The van der Waals surface area contributed by atoms with Crippen LogP contribution in [0.15, 0.2) is 54.6 Å². The number of benzene rings is 2. The van der Waals surface area contributed by atoms with Crippen LogP contribution in [0, 0.1) is 5.92 Å². The quantitative estimate of drug-likeness (QED) is 0.444. The Bertz CT molecular complexity index is 917. The summed E-state index contributed by atoms with van der Waals surface area (Å²) in [5.41, 5.74) is 1.35. The molecule has 1 fully saturated rings. The summed E-state index contributed by atoms with van der Waals surface area (Å²) in [5, 5.41) is 20.5. The molecule has 3 rings (SSSR count). The van der Waals surface area contributed by atoms with E-state index >= 15 is 0 Å². The molecule has 0 bridgehead atoms. The monoisotopic (exact) mass is 412 g/mol. The van der Waals surface area contributed by atoms with Crippen molar-refractivity contribution in [2.45, 2.75) is 25.3 Å². The second-order valence-corrected chi connectivity index (χ2v) is 7.23. The van der Waals surface area contributed by atoms with Crippen LogP contribution in [0.1, 0.15) is 28.8 Å². The van der Waals surface area contributed by atoms with Crippen LogP contribution < -0.4 is 5.06 Å². The zero-order chi connectivity index (χ0) is 21.7. The topological polar surface area (TPSA) is 107 Å². The third-order valence-electron chi connectivity index (χ3n) is 5.35. The van der Waals surface area contributed by atoms with Crippen molar-refractivity contribution in [3.63, 3.8) is 0 Å². The molecule has 158 valence electrons. The lowest BCUT2D eigenvalue weighted by molar-refractivity contribution is -0.129. The van der Waals surface area contributed by atoms with Crippen LogP contribution in [0.2, 0.25) is 0 Å². The van der Waals surface area contributed by atoms with Gasteiger partial charge in [-0.1, -0.05) is 36.4 Å². The molecule has 0 aliphatic carbocycles. The highest BCUT2D eigenvalue weighted by Gasteiger charge is 2.36. The number of esters is 1. The molecule has 1 saturated heterocycles. The number of carbonyl (C=O) groups excluding carboxylic acids is 2. The largest absolute Gasteiger partial charge is 0.465 e. The number of hydroxylamine groups is 1. The molecule has 2 amide bonds. The summed E-state index contributed by atoms with van der Waals surface area (Å²) in [5.74, 6) is -1.64. The first-order chi connectivity index (χ1) is 14.4. The Labute approximate surface area is 174 Å². The molecule has 8 heteroatoms. The number of amides is 2. The minimum absolute atomic E-state index is 0.156. The number of anilines is 1. The number of methoxy groups -OCH3 is 1. The van der Waals surface area contributed by atoms with Crippen molar-refractivity contribution in [3.05, 3.63) is 65.7 Å². The number of carbonyl (C=O) groups is 3. The van der Waals surface area contributed by atoms with Gasteiger partial charge in [-0.15, -0.1) is 0 Å². The third kappa shape index (κ3) is 4.77. The van der Waals surface area contributed by atoms with Crippen molar-refractivity contribution in [3.8, 4) is 0 Å². The maximum Gasteiger partial charge on any atom is 0.407 e. The minimum Gasteiger partial charge on any atom is -0.465 e. The highest BCUT2D eigenvalue weighted by Crippen LogP contribution is 2.28. The fraction of sp³-hybridized carbons (Fsp3) is 0.318. The van der Waals surface area contributed by atoms with Crippen LogP contribution in [-0.4, -0.2) is 52.9 Å². The summed E-state index contributed by atoms with van der Waals surface area (Å²) in [6.45, 7) is 0.208. The van der Waals surface area contributed by atoms with Crippen molar-refractivity contribution in [1.82, 2.24) is 4.90 Å². The van der Waals surface area contributed by atoms with Gasteiger partial charge in [0.25, 0.3) is 5.91 Å². The van der Waals surface area contributed by atoms with Gasteiger partial charge < -0.3 is 14.7 Å². The molecule has 0 radical (unpaired) electrons. The summed E-state index contributed by atoms with van der Waals surface area (Å²) < 4.78 is 4.67. The first-order valence-corrected chi connectivity index (χ1v) is 9.65. The van der Waals surface area contributed by atoms with Crippen LogP contribution in [0.25, 0.3) is 0 Å². The van der Waals surface area contributed by atoms with Gasteiger partial charge in [-0.2, -0.15) is 5.06 Å². The van der Waals surface area contributed by atoms with Gasteiger partial charge in [0.1, 0.15) is 0 Å². The Hall–Kier alpha value is -3.39. The van der Waals surface area contributed by atoms with E-state index in [9.17, 15) is 24.7 Å². The predicted molar refractivity (Wildman–Crippen MR) is 108 cm³/mol. The smallest absolute Gasteiger partial charge is 0.407 e. The van der Waals surface area contributed by atoms with Gasteiger partial charge in [0.05, 0.1) is 18.4 Å². The lowest BCUT2D eigenvalue weighted by Gasteiger charge is -2.38. The van der Waals surface area contributed by atoms with Gasteiger partial charge in [-0.05, 0) is 43.0 Å². The fourth-order valence-electron chi connectivity index (χ4n) is 3.79. The molecule has 0 saturated carbocycles. The van der Waals surface area contributed by atoms with Crippen molar-refractivity contribution in [1.29, 1.82) is 0 Å². The lowest BCUT2D eigenvalue weighted by atomic mass is 9.87. The number of rotatable bonds is 5. The second-order valence-electron chi connectivity index (χ2n) is 7.23. The van der Waals surface area contributed by atoms with E-state index in [1.165, 1.54) is 30.2 Å². The van der Waals surface area contributed by atoms with Gasteiger partial charge in [0, 0.05) is 18.5 Å². The first kappa shape index (κ1) is 21.3. The van der Waals surface area contributed by atoms with E-state index in [-0.39, 0.29) is 23.8 Å². The molecule has 0 spiro atoms. The molecular weight excluding hydrogens is 388 g/mol. The number of hydrogen-bond acceptors (Lipinski definition) is 5. The summed E-state index contributed by atoms with van der Waals surface area (Å²) >= 11 is 0. The molecule has 2 N–H and O–H groups in total. The molecule has 2 aromatic rings. The Morgan fingerprint density at radius 1 is 1.13 bits per heavy atom. The van der Waals surface area contributed by atoms with Crippen LogP contribution >= 0.6 is 0 Å². The van der Waals surface area contributed by atoms with Gasteiger partial charge in [-0.25, -0.2) is 9.59 Å². The Balaban J connectivity index is 1.75. The van der Waals surface area contributed by atoms with Gasteiger partial charge in [0.2, 0.25) is 0 Å². The molecule has 1 aliphatic rings. The maximum absolute atomic E-state index is 12.9. The van der Waals surface area contributed by atoms with Crippen molar-refractivity contribution in [2.75, 3.05) is 18.7 Å². The van der Waals surface area contributed by atoms with E-state index in [1.807, 2.05) is 30.3 Å². The van der Waals surface area contributed by atoms with E-state index in [1.54, 1.807) is 6.07 Å². The first-order valence-electron chi connectivity index (χ1n) is 9.65. The average molecular weight is 412 g/mol. The zero-order valence-electron chi connectivity index (χ0n) is 16.6. The number of nitrogens with zero attached hydrogens (tertiary/aromatic N) is 2. The fourth-order valence-corrected chi connectivity index (χ4v) is 3.79. The summed E-state index contributed by atoms with van der Waals surface area (Å²) in [7, 11) is 1.25. The molecule has 1 aliphatic heterocycles. The van der Waals surface area contributed by atoms with Crippen LogP contribution in [0.5, 0.6) is 0 Å². The third-order valence-corrected chi connectivity index (χ3v) is 5.35. The molecule has 0 aromatic heterocycles. The number of carboxylic acid groups (broad SMARTS) is 1. The van der Waals surface area contributed by atoms with E-state index < -0.39 is 23.9 Å². The molecular formula is C22H24N2O6. The molecule has 8 nitrogen and oxygen atoms in total. The highest BCUT2D eigenvalue weighted by atomic mass is 16.5. The van der Waals surface area contributed by atoms with Crippen molar-refractivity contribution >= 4 is 23.7 Å². The van der Waals surface area contributed by atoms with Crippen LogP contribution in [0.3, 0.4) is 0 Å². The van der Waals surface area contributed by atoms with Crippen molar-refractivity contribution in [2.24, 2.45) is 5.92 Å². The average Bonchev–Trinajstić information content (AvgIpc) is 2.78. The number of ether oxygens (including phenoxy) is 1. The number of hydrogen-bond donors (Lipinski definition) is 2. The van der Waals surface area contributed by atoms with Crippen molar-refractivity contribution < 1.29 is 29.4 Å². The Morgan fingerprint density at radius 3 is 2.53 bits per heavy atom. The molecule has 30 heavy (non-hydrogen) atoms. The SMILES string of the molecule is COC(=O)c1cccc(N(O)C(=O)C2CCN(C(=O)O)C(Cc3ccccc3)C2)c1. The lowest BCUT2D eigenvalue weighted by Crippen LogP contribution is -2.49. The Kier molecular flexibility index (Phi) is 6.68. The second kappa shape index (κ2) is 9.41. The molecule has 2 aromatic carbocycles. The minimum atomic E-state index is -1.02. The standard InChI is InChI=1S/C22H24N2O6/c1-30-21(26)17-8-5-9-18(14-17)24(29)20(25)16-10-11-23(22(27)28)19(13-16)12-15-6-3-2-4-7-15/h2-9,14,16,19,29H,10-13H2,1H3,(H,27,28).